The topological polar surface area (TPSA) is 52.9 Å². The Balaban J connectivity index is 1.67. The molecule has 23 heavy (non-hydrogen) atoms. The summed E-state index contributed by atoms with van der Waals surface area (Å²) in [5.41, 5.74) is 0.920. The van der Waals surface area contributed by atoms with E-state index in [4.69, 9.17) is 0 Å². The molecule has 1 unspecified atom stereocenters. The summed E-state index contributed by atoms with van der Waals surface area (Å²) in [7, 11) is 2.19. The molecule has 0 aromatic heterocycles. The summed E-state index contributed by atoms with van der Waals surface area (Å²) in [5, 5.41) is 11.3. The second-order valence-corrected chi connectivity index (χ2v) is 7.39. The third kappa shape index (κ3) is 3.84. The zero-order valence-electron chi connectivity index (χ0n) is 13.4. The van der Waals surface area contributed by atoms with Crippen molar-refractivity contribution in [2.45, 2.75) is 18.9 Å². The Labute approximate surface area is 145 Å². The maximum absolute atomic E-state index is 11.3. The van der Waals surface area contributed by atoms with Gasteiger partial charge in [0, 0.05) is 49.3 Å². The van der Waals surface area contributed by atoms with Gasteiger partial charge in [0.1, 0.15) is 5.69 Å². The minimum absolute atomic E-state index is 0.194. The maximum atomic E-state index is 11.3. The minimum Gasteiger partial charge on any atom is -0.363 e. The van der Waals surface area contributed by atoms with Crippen molar-refractivity contribution in [3.63, 3.8) is 0 Å². The van der Waals surface area contributed by atoms with Gasteiger partial charge in [0.2, 0.25) is 0 Å². The third-order valence-electron chi connectivity index (χ3n) is 4.91. The lowest BCUT2D eigenvalue weighted by molar-refractivity contribution is -0.384. The first kappa shape index (κ1) is 16.7. The van der Waals surface area contributed by atoms with Crippen LogP contribution in [0.25, 0.3) is 0 Å². The number of rotatable bonds is 3. The molecule has 2 fully saturated rings. The first-order valence-corrected chi connectivity index (χ1v) is 8.95. The largest absolute Gasteiger partial charge is 0.363 e. The van der Waals surface area contributed by atoms with Gasteiger partial charge in [-0.2, -0.15) is 0 Å². The number of nitrogens with zero attached hydrogens (tertiary/aromatic N) is 4. The van der Waals surface area contributed by atoms with Crippen LogP contribution in [0.15, 0.2) is 22.7 Å². The third-order valence-corrected chi connectivity index (χ3v) is 5.40. The number of halogens is 1. The van der Waals surface area contributed by atoms with Gasteiger partial charge in [-0.1, -0.05) is 15.9 Å². The molecule has 2 saturated heterocycles. The van der Waals surface area contributed by atoms with Crippen molar-refractivity contribution in [2.75, 3.05) is 51.2 Å². The second-order valence-electron chi connectivity index (χ2n) is 6.47. The highest BCUT2D eigenvalue weighted by atomic mass is 79.9. The van der Waals surface area contributed by atoms with Crippen LogP contribution in [0.4, 0.5) is 11.4 Å². The fourth-order valence-corrected chi connectivity index (χ4v) is 4.02. The molecular formula is C16H23BrN4O2. The number of likely N-dealkylation sites (N-methyl/N-ethyl adjacent to an activating group) is 1. The summed E-state index contributed by atoms with van der Waals surface area (Å²) < 4.78 is 0.884. The van der Waals surface area contributed by atoms with E-state index in [0.29, 0.717) is 6.04 Å². The van der Waals surface area contributed by atoms with E-state index in [1.54, 1.807) is 12.1 Å². The Morgan fingerprint density at radius 2 is 1.96 bits per heavy atom. The Morgan fingerprint density at radius 1 is 1.22 bits per heavy atom. The van der Waals surface area contributed by atoms with E-state index < -0.39 is 0 Å². The lowest BCUT2D eigenvalue weighted by Crippen LogP contribution is -2.54. The van der Waals surface area contributed by atoms with E-state index in [-0.39, 0.29) is 10.6 Å². The normalized spacial score (nSPS) is 23.9. The van der Waals surface area contributed by atoms with Crippen molar-refractivity contribution in [1.82, 2.24) is 9.80 Å². The number of likely N-dealkylation sites (tertiary alicyclic amines) is 1. The molecule has 1 aromatic carbocycles. The van der Waals surface area contributed by atoms with Gasteiger partial charge in [0.15, 0.2) is 0 Å². The van der Waals surface area contributed by atoms with Crippen molar-refractivity contribution < 1.29 is 4.92 Å². The van der Waals surface area contributed by atoms with E-state index in [9.17, 15) is 10.1 Å². The average Bonchev–Trinajstić information content (AvgIpc) is 2.54. The maximum Gasteiger partial charge on any atom is 0.292 e. The molecule has 0 spiro atoms. The molecule has 2 heterocycles. The molecule has 0 saturated carbocycles. The number of piperidine rings is 1. The van der Waals surface area contributed by atoms with Crippen molar-refractivity contribution in [2.24, 2.45) is 0 Å². The lowest BCUT2D eigenvalue weighted by Gasteiger charge is -2.43. The van der Waals surface area contributed by atoms with E-state index in [1.165, 1.54) is 19.4 Å². The Morgan fingerprint density at radius 3 is 2.61 bits per heavy atom. The molecule has 126 valence electrons. The van der Waals surface area contributed by atoms with Crippen LogP contribution in [0.3, 0.4) is 0 Å². The molecule has 2 aliphatic heterocycles. The fraction of sp³-hybridized carbons (Fsp3) is 0.625. The van der Waals surface area contributed by atoms with E-state index in [2.05, 4.69) is 37.7 Å². The van der Waals surface area contributed by atoms with Gasteiger partial charge in [0.05, 0.1) is 4.92 Å². The molecule has 0 N–H and O–H groups in total. The molecule has 0 radical (unpaired) electrons. The fourth-order valence-electron chi connectivity index (χ4n) is 3.67. The number of benzene rings is 1. The number of piperazine rings is 1. The highest BCUT2D eigenvalue weighted by Crippen LogP contribution is 2.32. The molecule has 0 aliphatic carbocycles. The van der Waals surface area contributed by atoms with Gasteiger partial charge in [-0.05, 0) is 38.6 Å². The van der Waals surface area contributed by atoms with Crippen molar-refractivity contribution in [3.8, 4) is 0 Å². The molecule has 3 rings (SSSR count). The first-order valence-electron chi connectivity index (χ1n) is 8.16. The molecule has 0 amide bonds. The molecule has 1 atom stereocenters. The van der Waals surface area contributed by atoms with Crippen LogP contribution in [0, 0.1) is 10.1 Å². The summed E-state index contributed by atoms with van der Waals surface area (Å²) in [5.74, 6) is 0. The Kier molecular flexibility index (Phi) is 5.18. The van der Waals surface area contributed by atoms with Gasteiger partial charge in [-0.25, -0.2) is 0 Å². The minimum atomic E-state index is -0.287. The SMILES string of the molecule is CN1CCCC(N2CCN(c3cc(Br)ccc3[N+](=O)[O-])CC2)C1. The quantitative estimate of drug-likeness (QED) is 0.593. The number of nitro groups is 1. The molecule has 7 heteroatoms. The van der Waals surface area contributed by atoms with Crippen LogP contribution >= 0.6 is 15.9 Å². The lowest BCUT2D eigenvalue weighted by atomic mass is 10.0. The smallest absolute Gasteiger partial charge is 0.292 e. The summed E-state index contributed by atoms with van der Waals surface area (Å²) in [4.78, 5) is 18.1. The van der Waals surface area contributed by atoms with Gasteiger partial charge >= 0.3 is 0 Å². The summed E-state index contributed by atoms with van der Waals surface area (Å²) in [6, 6.07) is 5.81. The van der Waals surface area contributed by atoms with Crippen LogP contribution < -0.4 is 4.90 Å². The van der Waals surface area contributed by atoms with Crippen molar-refractivity contribution >= 4 is 27.3 Å². The number of anilines is 1. The Hall–Kier alpha value is -1.18. The van der Waals surface area contributed by atoms with Gasteiger partial charge in [0.25, 0.3) is 5.69 Å². The van der Waals surface area contributed by atoms with Gasteiger partial charge < -0.3 is 9.80 Å². The average molecular weight is 383 g/mol. The van der Waals surface area contributed by atoms with Gasteiger partial charge in [-0.3, -0.25) is 15.0 Å². The van der Waals surface area contributed by atoms with E-state index >= 15 is 0 Å². The second kappa shape index (κ2) is 7.15. The highest BCUT2D eigenvalue weighted by Gasteiger charge is 2.29. The zero-order chi connectivity index (χ0) is 16.4. The van der Waals surface area contributed by atoms with Gasteiger partial charge in [-0.15, -0.1) is 0 Å². The summed E-state index contributed by atoms with van der Waals surface area (Å²) in [6.45, 7) is 5.97. The van der Waals surface area contributed by atoms with Crippen LogP contribution in [0.5, 0.6) is 0 Å². The molecule has 2 aliphatic rings. The number of hydrogen-bond acceptors (Lipinski definition) is 5. The summed E-state index contributed by atoms with van der Waals surface area (Å²) in [6.07, 6.45) is 2.53. The van der Waals surface area contributed by atoms with Crippen molar-refractivity contribution in [3.05, 3.63) is 32.8 Å². The predicted octanol–water partition coefficient (Wildman–Crippen LogP) is 2.57. The zero-order valence-corrected chi connectivity index (χ0v) is 15.0. The molecule has 1 aromatic rings. The van der Waals surface area contributed by atoms with Crippen LogP contribution in [-0.2, 0) is 0 Å². The first-order chi connectivity index (χ1) is 11.0. The Bertz CT molecular complexity index is 575. The number of hydrogen-bond donors (Lipinski definition) is 0. The van der Waals surface area contributed by atoms with Crippen LogP contribution in [0.1, 0.15) is 12.8 Å². The van der Waals surface area contributed by atoms with E-state index in [1.807, 2.05) is 6.07 Å². The van der Waals surface area contributed by atoms with Crippen molar-refractivity contribution in [1.29, 1.82) is 0 Å². The van der Waals surface area contributed by atoms with E-state index in [0.717, 1.165) is 42.9 Å². The van der Waals surface area contributed by atoms with Crippen LogP contribution in [-0.4, -0.2) is 67.1 Å². The molecular weight excluding hydrogens is 360 g/mol. The summed E-state index contributed by atoms with van der Waals surface area (Å²) >= 11 is 3.43. The molecule has 0 bridgehead atoms. The monoisotopic (exact) mass is 382 g/mol. The number of nitro benzene ring substituents is 1. The predicted molar refractivity (Wildman–Crippen MR) is 95.1 cm³/mol. The highest BCUT2D eigenvalue weighted by molar-refractivity contribution is 9.10. The standard InChI is InChI=1S/C16H23BrN4O2/c1-18-6-2-3-14(12-18)19-7-9-20(10-8-19)16-11-13(17)4-5-15(16)21(22)23/h4-5,11,14H,2-3,6-10,12H2,1H3. The molecule has 6 nitrogen and oxygen atoms in total. The van der Waals surface area contributed by atoms with Crippen LogP contribution in [0.2, 0.25) is 0 Å².